The Hall–Kier alpha value is -4.59. The Bertz CT molecular complexity index is 1340. The van der Waals surface area contributed by atoms with Crippen LogP contribution in [0.25, 0.3) is 24.3 Å². The van der Waals surface area contributed by atoms with Crippen molar-refractivity contribution in [1.82, 2.24) is 0 Å². The van der Waals surface area contributed by atoms with E-state index >= 15 is 0 Å². The number of ether oxygens (including phenoxy) is 7. The van der Waals surface area contributed by atoms with Gasteiger partial charge < -0.3 is 33.2 Å². The van der Waals surface area contributed by atoms with Crippen LogP contribution in [-0.4, -0.2) is 55.7 Å². The van der Waals surface area contributed by atoms with Crippen molar-refractivity contribution >= 4 is 30.3 Å². The fraction of sp³-hybridized carbons (Fsp3) is 0.233. The van der Waals surface area contributed by atoms with E-state index in [1.165, 1.54) is 7.11 Å². The lowest BCUT2D eigenvalue weighted by atomic mass is 10.0. The smallest absolute Gasteiger partial charge is 0.337 e. The lowest BCUT2D eigenvalue weighted by Crippen LogP contribution is -2.01. The molecule has 0 aliphatic carbocycles. The molecule has 0 spiro atoms. The first kappa shape index (κ1) is 28.0. The number of rotatable bonds is 11. The predicted octanol–water partition coefficient (Wildman–Crippen LogP) is 5.87. The van der Waals surface area contributed by atoms with Gasteiger partial charge in [0, 0.05) is 11.1 Å². The van der Waals surface area contributed by atoms with Crippen LogP contribution in [0.3, 0.4) is 0 Å². The van der Waals surface area contributed by atoms with Crippen LogP contribution in [0.1, 0.15) is 32.6 Å². The van der Waals surface area contributed by atoms with E-state index in [4.69, 9.17) is 33.2 Å². The average molecular weight is 521 g/mol. The number of carbonyl (C=O) groups excluding carboxylic acids is 1. The van der Waals surface area contributed by atoms with Gasteiger partial charge in [-0.1, -0.05) is 30.4 Å². The zero-order valence-corrected chi connectivity index (χ0v) is 22.6. The molecule has 0 bridgehead atoms. The van der Waals surface area contributed by atoms with Gasteiger partial charge in [0.2, 0.25) is 11.5 Å². The van der Waals surface area contributed by atoms with Crippen molar-refractivity contribution in [2.24, 2.45) is 0 Å². The van der Waals surface area contributed by atoms with Crippen molar-refractivity contribution in [2.45, 2.75) is 0 Å². The fourth-order valence-electron chi connectivity index (χ4n) is 3.99. The van der Waals surface area contributed by atoms with Gasteiger partial charge in [0.15, 0.2) is 23.0 Å². The number of hydrogen-bond donors (Lipinski definition) is 0. The molecule has 0 N–H and O–H groups in total. The largest absolute Gasteiger partial charge is 0.493 e. The highest BCUT2D eigenvalue weighted by atomic mass is 16.5. The number of carbonyl (C=O) groups is 1. The maximum Gasteiger partial charge on any atom is 0.337 e. The molecule has 0 aliphatic heterocycles. The maximum atomic E-state index is 12.2. The average Bonchev–Trinajstić information content (AvgIpc) is 2.97. The summed E-state index contributed by atoms with van der Waals surface area (Å²) in [7, 11) is 10.7. The summed E-state index contributed by atoms with van der Waals surface area (Å²) in [6, 6.07) is 12.7. The molecule has 0 radical (unpaired) electrons. The van der Waals surface area contributed by atoms with Crippen LogP contribution in [0.2, 0.25) is 0 Å². The molecule has 3 rings (SSSR count). The van der Waals surface area contributed by atoms with E-state index in [1.54, 1.807) is 60.9 Å². The fourth-order valence-corrected chi connectivity index (χ4v) is 3.99. The van der Waals surface area contributed by atoms with E-state index in [2.05, 4.69) is 0 Å². The molecule has 0 saturated carbocycles. The molecule has 38 heavy (non-hydrogen) atoms. The van der Waals surface area contributed by atoms with Gasteiger partial charge in [-0.15, -0.1) is 0 Å². The molecular weight excluding hydrogens is 488 g/mol. The van der Waals surface area contributed by atoms with Crippen molar-refractivity contribution in [3.05, 3.63) is 70.3 Å². The minimum atomic E-state index is -0.430. The van der Waals surface area contributed by atoms with Gasteiger partial charge in [0.05, 0.1) is 55.3 Å². The molecule has 8 heteroatoms. The van der Waals surface area contributed by atoms with Crippen LogP contribution in [0.5, 0.6) is 34.5 Å². The Kier molecular flexibility index (Phi) is 9.65. The molecule has 3 aromatic rings. The van der Waals surface area contributed by atoms with E-state index in [0.717, 1.165) is 22.3 Å². The van der Waals surface area contributed by atoms with Crippen molar-refractivity contribution in [3.8, 4) is 34.5 Å². The van der Waals surface area contributed by atoms with Crippen LogP contribution in [0.15, 0.2) is 42.5 Å². The third-order valence-corrected chi connectivity index (χ3v) is 5.86. The summed E-state index contributed by atoms with van der Waals surface area (Å²) in [4.78, 5) is 12.2. The highest BCUT2D eigenvalue weighted by Crippen LogP contribution is 2.41. The second-order valence-corrected chi connectivity index (χ2v) is 7.85. The monoisotopic (exact) mass is 520 g/mol. The molecule has 0 fully saturated rings. The zero-order valence-electron chi connectivity index (χ0n) is 22.6. The Balaban J connectivity index is 2.10. The Morgan fingerprint density at radius 3 is 1.34 bits per heavy atom. The van der Waals surface area contributed by atoms with Gasteiger partial charge in [0.25, 0.3) is 0 Å². The zero-order chi connectivity index (χ0) is 27.7. The number of esters is 1. The summed E-state index contributed by atoms with van der Waals surface area (Å²) in [5, 5.41) is 0. The molecular formula is C30H32O8. The topological polar surface area (TPSA) is 81.7 Å². The van der Waals surface area contributed by atoms with Crippen LogP contribution >= 0.6 is 0 Å². The first-order valence-corrected chi connectivity index (χ1v) is 11.6. The van der Waals surface area contributed by atoms with E-state index < -0.39 is 5.97 Å². The summed E-state index contributed by atoms with van der Waals surface area (Å²) in [5.74, 6) is 2.75. The Morgan fingerprint density at radius 2 is 0.921 bits per heavy atom. The van der Waals surface area contributed by atoms with Crippen LogP contribution < -0.4 is 28.4 Å². The second kappa shape index (κ2) is 13.1. The minimum Gasteiger partial charge on any atom is -0.493 e. The molecule has 0 unspecified atom stereocenters. The third kappa shape index (κ3) is 5.86. The quantitative estimate of drug-likeness (QED) is 0.230. The van der Waals surface area contributed by atoms with Gasteiger partial charge in [-0.2, -0.15) is 0 Å². The van der Waals surface area contributed by atoms with Gasteiger partial charge in [-0.05, 0) is 47.5 Å². The summed E-state index contributed by atoms with van der Waals surface area (Å²) in [5.41, 5.74) is 3.61. The van der Waals surface area contributed by atoms with Crippen LogP contribution in [0.4, 0.5) is 0 Å². The maximum absolute atomic E-state index is 12.2. The van der Waals surface area contributed by atoms with E-state index in [0.29, 0.717) is 40.1 Å². The molecule has 3 aromatic carbocycles. The van der Waals surface area contributed by atoms with Gasteiger partial charge in [-0.25, -0.2) is 4.79 Å². The Labute approximate surface area is 223 Å². The molecule has 0 saturated heterocycles. The van der Waals surface area contributed by atoms with Crippen molar-refractivity contribution in [2.75, 3.05) is 49.8 Å². The number of benzene rings is 3. The number of hydrogen-bond acceptors (Lipinski definition) is 8. The molecule has 0 atom stereocenters. The first-order chi connectivity index (χ1) is 18.5. The third-order valence-electron chi connectivity index (χ3n) is 5.86. The summed E-state index contributed by atoms with van der Waals surface area (Å²) < 4.78 is 37.9. The highest BCUT2D eigenvalue weighted by molar-refractivity contribution is 5.92. The van der Waals surface area contributed by atoms with Crippen molar-refractivity contribution in [1.29, 1.82) is 0 Å². The summed E-state index contributed by atoms with van der Waals surface area (Å²) in [6.45, 7) is 0. The van der Waals surface area contributed by atoms with Crippen LogP contribution in [0, 0.1) is 0 Å². The Morgan fingerprint density at radius 1 is 0.500 bits per heavy atom. The van der Waals surface area contributed by atoms with Crippen molar-refractivity contribution < 1.29 is 38.0 Å². The van der Waals surface area contributed by atoms with Gasteiger partial charge in [0.1, 0.15) is 0 Å². The van der Waals surface area contributed by atoms with Crippen LogP contribution in [-0.2, 0) is 4.74 Å². The van der Waals surface area contributed by atoms with E-state index in [9.17, 15) is 4.79 Å². The summed E-state index contributed by atoms with van der Waals surface area (Å²) in [6.07, 6.45) is 7.60. The summed E-state index contributed by atoms with van der Waals surface area (Å²) >= 11 is 0. The highest BCUT2D eigenvalue weighted by Gasteiger charge is 2.16. The van der Waals surface area contributed by atoms with Gasteiger partial charge >= 0.3 is 5.97 Å². The number of methoxy groups -OCH3 is 7. The standard InChI is InChI=1S/C30H32O8/c1-32-24-16-14-20(26(34-3)28(24)36-5)10-8-19-9-13-23(30(31)38-7)18-22(19)12-11-21-15-17-25(33-2)29(37-6)27(21)35-4/h8-18H,1-7H3. The lowest BCUT2D eigenvalue weighted by Gasteiger charge is -2.14. The second-order valence-electron chi connectivity index (χ2n) is 7.85. The van der Waals surface area contributed by atoms with Crippen molar-refractivity contribution in [3.63, 3.8) is 0 Å². The minimum absolute atomic E-state index is 0.423. The first-order valence-electron chi connectivity index (χ1n) is 11.6. The van der Waals surface area contributed by atoms with Gasteiger partial charge in [-0.3, -0.25) is 0 Å². The normalized spacial score (nSPS) is 10.9. The SMILES string of the molecule is COC(=O)c1ccc(C=Cc2ccc(OC)c(OC)c2OC)c(C=Cc2ccc(OC)c(OC)c2OC)c1. The van der Waals surface area contributed by atoms with E-state index in [-0.39, 0.29) is 0 Å². The molecule has 0 aromatic heterocycles. The lowest BCUT2D eigenvalue weighted by molar-refractivity contribution is 0.0600. The molecule has 8 nitrogen and oxygen atoms in total. The molecule has 0 heterocycles. The predicted molar refractivity (Wildman–Crippen MR) is 148 cm³/mol. The molecule has 0 amide bonds. The van der Waals surface area contributed by atoms with E-state index in [1.807, 2.05) is 48.6 Å². The molecule has 200 valence electrons. The molecule has 0 aliphatic rings.